The molecule has 1 aromatic heterocycles. The lowest BCUT2D eigenvalue weighted by Gasteiger charge is -2.33. The average molecular weight is 354 g/mol. The van der Waals surface area contributed by atoms with E-state index in [-0.39, 0.29) is 5.91 Å². The van der Waals surface area contributed by atoms with Gasteiger partial charge in [-0.25, -0.2) is 4.68 Å². The van der Waals surface area contributed by atoms with Gasteiger partial charge in [0, 0.05) is 12.1 Å². The summed E-state index contributed by atoms with van der Waals surface area (Å²) in [6.07, 6.45) is 4.89. The summed E-state index contributed by atoms with van der Waals surface area (Å²) in [6, 6.07) is 10.6. The predicted octanol–water partition coefficient (Wildman–Crippen LogP) is 3.94. The van der Waals surface area contributed by atoms with Crippen molar-refractivity contribution < 1.29 is 4.79 Å². The van der Waals surface area contributed by atoms with Gasteiger partial charge in [-0.05, 0) is 64.6 Å². The van der Waals surface area contributed by atoms with Gasteiger partial charge < -0.3 is 5.32 Å². The number of aryl methyl sites for hydroxylation is 2. The number of nitrogens with one attached hydrogen (secondary N) is 1. The van der Waals surface area contributed by atoms with Crippen molar-refractivity contribution in [3.8, 4) is 5.69 Å². The van der Waals surface area contributed by atoms with Crippen LogP contribution >= 0.6 is 0 Å². The Kier molecular flexibility index (Phi) is 5.77. The van der Waals surface area contributed by atoms with Gasteiger partial charge in [0.05, 0.1) is 17.9 Å². The SMILES string of the molecule is Cc1ccc(-n2nc(C)cc2NC(=O)CN(C)C2CCC(C)CC2)cc1. The molecule has 1 amide bonds. The summed E-state index contributed by atoms with van der Waals surface area (Å²) < 4.78 is 1.80. The molecule has 1 heterocycles. The van der Waals surface area contributed by atoms with Gasteiger partial charge in [-0.15, -0.1) is 0 Å². The number of hydrogen-bond acceptors (Lipinski definition) is 3. The molecule has 1 N–H and O–H groups in total. The third-order valence-electron chi connectivity index (χ3n) is 5.38. The monoisotopic (exact) mass is 354 g/mol. The van der Waals surface area contributed by atoms with E-state index in [2.05, 4.69) is 48.3 Å². The summed E-state index contributed by atoms with van der Waals surface area (Å²) >= 11 is 0. The van der Waals surface area contributed by atoms with Crippen LogP contribution in [-0.2, 0) is 4.79 Å². The average Bonchev–Trinajstić information content (AvgIpc) is 2.96. The molecule has 5 nitrogen and oxygen atoms in total. The Morgan fingerprint density at radius 2 is 1.85 bits per heavy atom. The van der Waals surface area contributed by atoms with Crippen molar-refractivity contribution in [3.05, 3.63) is 41.6 Å². The van der Waals surface area contributed by atoms with Crippen LogP contribution in [0.5, 0.6) is 0 Å². The van der Waals surface area contributed by atoms with Crippen LogP contribution in [0.2, 0.25) is 0 Å². The molecule has 1 aliphatic rings. The number of likely N-dealkylation sites (N-methyl/N-ethyl adjacent to an activating group) is 1. The molecule has 0 unspecified atom stereocenters. The van der Waals surface area contributed by atoms with Crippen LogP contribution in [-0.4, -0.2) is 40.2 Å². The zero-order valence-corrected chi connectivity index (χ0v) is 16.3. The van der Waals surface area contributed by atoms with Crippen molar-refractivity contribution >= 4 is 11.7 Å². The second-order valence-corrected chi connectivity index (χ2v) is 7.80. The molecule has 0 spiro atoms. The zero-order chi connectivity index (χ0) is 18.7. The number of carbonyl (C=O) groups is 1. The van der Waals surface area contributed by atoms with Crippen molar-refractivity contribution in [3.63, 3.8) is 0 Å². The molecule has 5 heteroatoms. The van der Waals surface area contributed by atoms with Crippen LogP contribution in [0.1, 0.15) is 43.9 Å². The molecule has 2 aromatic rings. The van der Waals surface area contributed by atoms with E-state index in [4.69, 9.17) is 0 Å². The maximum Gasteiger partial charge on any atom is 0.239 e. The Bertz CT molecular complexity index is 742. The third-order valence-corrected chi connectivity index (χ3v) is 5.38. The molecule has 1 aliphatic carbocycles. The summed E-state index contributed by atoms with van der Waals surface area (Å²) in [6.45, 7) is 6.73. The summed E-state index contributed by atoms with van der Waals surface area (Å²) in [4.78, 5) is 14.8. The summed E-state index contributed by atoms with van der Waals surface area (Å²) in [7, 11) is 2.06. The van der Waals surface area contributed by atoms with Gasteiger partial charge in [-0.1, -0.05) is 24.6 Å². The van der Waals surface area contributed by atoms with Gasteiger partial charge in [-0.2, -0.15) is 5.10 Å². The number of amides is 1. The van der Waals surface area contributed by atoms with E-state index >= 15 is 0 Å². The van der Waals surface area contributed by atoms with Gasteiger partial charge in [-0.3, -0.25) is 9.69 Å². The number of aromatic nitrogens is 2. The van der Waals surface area contributed by atoms with Crippen LogP contribution in [0.15, 0.2) is 30.3 Å². The normalized spacial score (nSPS) is 20.3. The zero-order valence-electron chi connectivity index (χ0n) is 16.3. The largest absolute Gasteiger partial charge is 0.309 e. The molecule has 26 heavy (non-hydrogen) atoms. The Balaban J connectivity index is 1.65. The van der Waals surface area contributed by atoms with Crippen LogP contribution < -0.4 is 5.32 Å². The van der Waals surface area contributed by atoms with E-state index in [1.54, 1.807) is 4.68 Å². The maximum absolute atomic E-state index is 12.6. The first-order valence-electron chi connectivity index (χ1n) is 9.56. The predicted molar refractivity (Wildman–Crippen MR) is 106 cm³/mol. The molecule has 0 radical (unpaired) electrons. The smallest absolute Gasteiger partial charge is 0.239 e. The van der Waals surface area contributed by atoms with Crippen molar-refractivity contribution in [2.75, 3.05) is 18.9 Å². The quantitative estimate of drug-likeness (QED) is 0.885. The van der Waals surface area contributed by atoms with Crippen LogP contribution in [0.3, 0.4) is 0 Å². The fourth-order valence-corrected chi connectivity index (χ4v) is 3.69. The number of rotatable bonds is 5. The van der Waals surface area contributed by atoms with Crippen LogP contribution in [0.25, 0.3) is 5.69 Å². The number of benzene rings is 1. The Morgan fingerprint density at radius 3 is 2.50 bits per heavy atom. The Hall–Kier alpha value is -2.14. The van der Waals surface area contributed by atoms with Crippen LogP contribution in [0.4, 0.5) is 5.82 Å². The minimum atomic E-state index is 0.0133. The van der Waals surface area contributed by atoms with Crippen molar-refractivity contribution in [1.29, 1.82) is 0 Å². The summed E-state index contributed by atoms with van der Waals surface area (Å²) in [5.41, 5.74) is 3.04. The molecule has 3 rings (SSSR count). The highest BCUT2D eigenvalue weighted by Gasteiger charge is 2.23. The van der Waals surface area contributed by atoms with Gasteiger partial charge in [0.2, 0.25) is 5.91 Å². The summed E-state index contributed by atoms with van der Waals surface area (Å²) in [5, 5.41) is 7.57. The minimum absolute atomic E-state index is 0.0133. The molecule has 0 bridgehead atoms. The topological polar surface area (TPSA) is 50.2 Å². The molecule has 0 saturated heterocycles. The molecule has 1 saturated carbocycles. The van der Waals surface area contributed by atoms with Crippen molar-refractivity contribution in [2.24, 2.45) is 5.92 Å². The number of hydrogen-bond donors (Lipinski definition) is 1. The Morgan fingerprint density at radius 1 is 1.19 bits per heavy atom. The van der Waals surface area contributed by atoms with E-state index in [0.717, 1.165) is 23.1 Å². The van der Waals surface area contributed by atoms with Crippen molar-refractivity contribution in [1.82, 2.24) is 14.7 Å². The Labute approximate surface area is 156 Å². The molecule has 140 valence electrons. The highest BCUT2D eigenvalue weighted by atomic mass is 16.2. The minimum Gasteiger partial charge on any atom is -0.309 e. The number of carbonyl (C=O) groups excluding carboxylic acids is 1. The molecule has 1 fully saturated rings. The molecule has 1 aromatic carbocycles. The second-order valence-electron chi connectivity index (χ2n) is 7.80. The lowest BCUT2D eigenvalue weighted by atomic mass is 9.87. The fourth-order valence-electron chi connectivity index (χ4n) is 3.69. The number of anilines is 1. The lowest BCUT2D eigenvalue weighted by molar-refractivity contribution is -0.117. The van der Waals surface area contributed by atoms with E-state index in [9.17, 15) is 4.79 Å². The van der Waals surface area contributed by atoms with Gasteiger partial charge >= 0.3 is 0 Å². The third kappa shape index (κ3) is 4.52. The first-order chi connectivity index (χ1) is 12.4. The standard InChI is InChI=1S/C21H30N4O/c1-15-5-9-18(10-6-15)24(4)14-21(26)22-20-13-17(3)23-25(20)19-11-7-16(2)8-12-19/h7-8,11-13,15,18H,5-6,9-10,14H2,1-4H3,(H,22,26). The highest BCUT2D eigenvalue weighted by Crippen LogP contribution is 2.26. The first-order valence-corrected chi connectivity index (χ1v) is 9.56. The van der Waals surface area contributed by atoms with Crippen LogP contribution in [0, 0.1) is 19.8 Å². The first kappa shape index (κ1) is 18.6. The van der Waals surface area contributed by atoms with Gasteiger partial charge in [0.1, 0.15) is 5.82 Å². The summed E-state index contributed by atoms with van der Waals surface area (Å²) in [5.74, 6) is 1.56. The fraction of sp³-hybridized carbons (Fsp3) is 0.524. The van der Waals surface area contributed by atoms with E-state index in [0.29, 0.717) is 12.6 Å². The van der Waals surface area contributed by atoms with E-state index in [1.807, 2.05) is 25.1 Å². The van der Waals surface area contributed by atoms with Gasteiger partial charge in [0.25, 0.3) is 0 Å². The lowest BCUT2D eigenvalue weighted by Crippen LogP contribution is -2.40. The van der Waals surface area contributed by atoms with E-state index < -0.39 is 0 Å². The molecule has 0 atom stereocenters. The maximum atomic E-state index is 12.6. The number of nitrogens with zero attached hydrogens (tertiary/aromatic N) is 3. The molecular formula is C21H30N4O. The van der Waals surface area contributed by atoms with E-state index in [1.165, 1.54) is 31.2 Å². The highest BCUT2D eigenvalue weighted by molar-refractivity contribution is 5.91. The second kappa shape index (κ2) is 8.04. The molecule has 0 aliphatic heterocycles. The van der Waals surface area contributed by atoms with Gasteiger partial charge in [0.15, 0.2) is 0 Å². The molecular weight excluding hydrogens is 324 g/mol. The van der Waals surface area contributed by atoms with Crippen molar-refractivity contribution in [2.45, 2.75) is 52.5 Å².